The molecule has 0 amide bonds. The first-order valence-electron chi connectivity index (χ1n) is 5.50. The predicted molar refractivity (Wildman–Crippen MR) is 56.0 cm³/mol. The van der Waals surface area contributed by atoms with Gasteiger partial charge in [-0.15, -0.1) is 0 Å². The highest BCUT2D eigenvalue weighted by Crippen LogP contribution is 1.99. The lowest BCUT2D eigenvalue weighted by Gasteiger charge is -2.11. The highest BCUT2D eigenvalue weighted by molar-refractivity contribution is 4.46. The van der Waals surface area contributed by atoms with Crippen molar-refractivity contribution in [2.45, 2.75) is 52.6 Å². The Morgan fingerprint density at radius 1 is 1.08 bits per heavy atom. The smallest absolute Gasteiger partial charge is 0.0780 e. The van der Waals surface area contributed by atoms with Gasteiger partial charge in [0.25, 0.3) is 0 Å². The van der Waals surface area contributed by atoms with E-state index in [2.05, 4.69) is 13.8 Å². The Morgan fingerprint density at radius 3 is 2.46 bits per heavy atom. The normalized spacial score (nSPS) is 13.2. The third-order valence-corrected chi connectivity index (χ3v) is 1.95. The van der Waals surface area contributed by atoms with Crippen molar-refractivity contribution >= 4 is 0 Å². The fourth-order valence-electron chi connectivity index (χ4n) is 1.21. The van der Waals surface area contributed by atoms with Crippen molar-refractivity contribution in [1.29, 1.82) is 0 Å². The Kier molecular flexibility index (Phi) is 9.94. The third kappa shape index (κ3) is 9.84. The fraction of sp³-hybridized carbons (Fsp3) is 1.00. The van der Waals surface area contributed by atoms with Crippen LogP contribution in [0.2, 0.25) is 0 Å². The summed E-state index contributed by atoms with van der Waals surface area (Å²) in [7, 11) is 0. The number of unbranched alkanes of at least 4 members (excludes halogenated alkanes) is 3. The predicted octanol–water partition coefficient (Wildman–Crippen LogP) is 3.01. The number of ether oxygens (including phenoxy) is 2. The van der Waals surface area contributed by atoms with Crippen LogP contribution in [0.4, 0.5) is 0 Å². The molecular formula is C11H24O2. The molecular weight excluding hydrogens is 164 g/mol. The average molecular weight is 188 g/mol. The molecule has 1 unspecified atom stereocenters. The summed E-state index contributed by atoms with van der Waals surface area (Å²) in [5.41, 5.74) is 0. The molecule has 0 aliphatic heterocycles. The summed E-state index contributed by atoms with van der Waals surface area (Å²) in [5.74, 6) is 0. The minimum atomic E-state index is 0.246. The van der Waals surface area contributed by atoms with Gasteiger partial charge in [-0.1, -0.05) is 26.2 Å². The molecule has 0 bridgehead atoms. The van der Waals surface area contributed by atoms with E-state index in [0.717, 1.165) is 19.8 Å². The number of hydrogen-bond donors (Lipinski definition) is 0. The maximum absolute atomic E-state index is 5.47. The molecule has 2 nitrogen and oxygen atoms in total. The highest BCUT2D eigenvalue weighted by Gasteiger charge is 1.99. The maximum atomic E-state index is 5.47. The molecule has 2 heteroatoms. The van der Waals surface area contributed by atoms with Crippen LogP contribution < -0.4 is 0 Å². The van der Waals surface area contributed by atoms with E-state index >= 15 is 0 Å². The van der Waals surface area contributed by atoms with Crippen LogP contribution in [0.25, 0.3) is 0 Å². The monoisotopic (exact) mass is 188 g/mol. The lowest BCUT2D eigenvalue weighted by Crippen LogP contribution is -2.16. The van der Waals surface area contributed by atoms with Crippen molar-refractivity contribution in [1.82, 2.24) is 0 Å². The van der Waals surface area contributed by atoms with Crippen LogP contribution in [0, 0.1) is 0 Å². The lowest BCUT2D eigenvalue weighted by atomic mass is 10.2. The van der Waals surface area contributed by atoms with Gasteiger partial charge in [-0.3, -0.25) is 0 Å². The first-order chi connectivity index (χ1) is 6.31. The Morgan fingerprint density at radius 2 is 1.85 bits per heavy atom. The zero-order valence-electron chi connectivity index (χ0n) is 9.34. The highest BCUT2D eigenvalue weighted by atomic mass is 16.5. The molecule has 0 rings (SSSR count). The average Bonchev–Trinajstić information content (AvgIpc) is 2.11. The van der Waals surface area contributed by atoms with Crippen molar-refractivity contribution in [2.75, 3.05) is 19.8 Å². The fourth-order valence-corrected chi connectivity index (χ4v) is 1.21. The van der Waals surface area contributed by atoms with E-state index in [1.165, 1.54) is 25.7 Å². The molecule has 0 aliphatic rings. The quantitative estimate of drug-likeness (QED) is 0.518. The summed E-state index contributed by atoms with van der Waals surface area (Å²) in [6, 6.07) is 0. The first-order valence-corrected chi connectivity index (χ1v) is 5.50. The van der Waals surface area contributed by atoms with Gasteiger partial charge < -0.3 is 9.47 Å². The van der Waals surface area contributed by atoms with Crippen LogP contribution in [-0.4, -0.2) is 25.9 Å². The minimum Gasteiger partial charge on any atom is -0.379 e. The van der Waals surface area contributed by atoms with E-state index in [1.54, 1.807) is 0 Å². The zero-order chi connectivity index (χ0) is 9.94. The van der Waals surface area contributed by atoms with Gasteiger partial charge in [0.1, 0.15) is 0 Å². The van der Waals surface area contributed by atoms with Crippen molar-refractivity contribution in [3.63, 3.8) is 0 Å². The molecule has 0 N–H and O–H groups in total. The van der Waals surface area contributed by atoms with Gasteiger partial charge in [0.05, 0.1) is 12.7 Å². The summed E-state index contributed by atoms with van der Waals surface area (Å²) < 4.78 is 10.8. The molecule has 0 aromatic carbocycles. The largest absolute Gasteiger partial charge is 0.379 e. The number of hydrogen-bond acceptors (Lipinski definition) is 2. The summed E-state index contributed by atoms with van der Waals surface area (Å²) in [6.45, 7) is 8.68. The van der Waals surface area contributed by atoms with Crippen LogP contribution >= 0.6 is 0 Å². The summed E-state index contributed by atoms with van der Waals surface area (Å²) in [5, 5.41) is 0. The van der Waals surface area contributed by atoms with E-state index in [-0.39, 0.29) is 6.10 Å². The molecule has 1 atom stereocenters. The molecule has 0 heterocycles. The molecule has 0 saturated heterocycles. The zero-order valence-corrected chi connectivity index (χ0v) is 9.34. The molecule has 0 radical (unpaired) electrons. The van der Waals surface area contributed by atoms with Gasteiger partial charge in [0.2, 0.25) is 0 Å². The van der Waals surface area contributed by atoms with Crippen LogP contribution in [0.1, 0.15) is 46.5 Å². The molecule has 13 heavy (non-hydrogen) atoms. The van der Waals surface area contributed by atoms with Crippen molar-refractivity contribution in [3.8, 4) is 0 Å². The second kappa shape index (κ2) is 10.0. The van der Waals surface area contributed by atoms with Gasteiger partial charge in [-0.25, -0.2) is 0 Å². The van der Waals surface area contributed by atoms with E-state index in [4.69, 9.17) is 9.47 Å². The summed E-state index contributed by atoms with van der Waals surface area (Å²) in [4.78, 5) is 0. The van der Waals surface area contributed by atoms with E-state index in [1.807, 2.05) is 6.92 Å². The molecule has 0 aromatic heterocycles. The van der Waals surface area contributed by atoms with E-state index < -0.39 is 0 Å². The van der Waals surface area contributed by atoms with Crippen LogP contribution in [0.5, 0.6) is 0 Å². The first kappa shape index (κ1) is 12.9. The maximum Gasteiger partial charge on any atom is 0.0780 e. The molecule has 0 aromatic rings. The lowest BCUT2D eigenvalue weighted by molar-refractivity contribution is -0.00233. The Bertz CT molecular complexity index is 94.1. The molecule has 0 saturated carbocycles. The SMILES string of the molecule is CCCCCCOCC(C)OCC. The van der Waals surface area contributed by atoms with Crippen LogP contribution in [0.15, 0.2) is 0 Å². The summed E-state index contributed by atoms with van der Waals surface area (Å²) >= 11 is 0. The topological polar surface area (TPSA) is 18.5 Å². The standard InChI is InChI=1S/C11H24O2/c1-4-6-7-8-9-12-10-11(3)13-5-2/h11H,4-10H2,1-3H3. The van der Waals surface area contributed by atoms with Gasteiger partial charge in [-0.05, 0) is 20.3 Å². The molecule has 80 valence electrons. The second-order valence-electron chi connectivity index (χ2n) is 3.40. The van der Waals surface area contributed by atoms with Crippen LogP contribution in [-0.2, 0) is 9.47 Å². The Balaban J connectivity index is 2.97. The molecule has 0 fully saturated rings. The van der Waals surface area contributed by atoms with Gasteiger partial charge in [0, 0.05) is 13.2 Å². The third-order valence-electron chi connectivity index (χ3n) is 1.95. The number of rotatable bonds is 9. The van der Waals surface area contributed by atoms with Gasteiger partial charge in [-0.2, -0.15) is 0 Å². The molecule has 0 aliphatic carbocycles. The van der Waals surface area contributed by atoms with E-state index in [0.29, 0.717) is 0 Å². The Labute approximate surface area is 82.6 Å². The van der Waals surface area contributed by atoms with E-state index in [9.17, 15) is 0 Å². The van der Waals surface area contributed by atoms with Gasteiger partial charge in [0.15, 0.2) is 0 Å². The second-order valence-corrected chi connectivity index (χ2v) is 3.40. The van der Waals surface area contributed by atoms with Crippen molar-refractivity contribution in [2.24, 2.45) is 0 Å². The van der Waals surface area contributed by atoms with Crippen molar-refractivity contribution in [3.05, 3.63) is 0 Å². The summed E-state index contributed by atoms with van der Waals surface area (Å²) in [6.07, 6.45) is 5.34. The molecule has 0 spiro atoms. The minimum absolute atomic E-state index is 0.246. The Hall–Kier alpha value is -0.0800. The van der Waals surface area contributed by atoms with Crippen molar-refractivity contribution < 1.29 is 9.47 Å². The van der Waals surface area contributed by atoms with Gasteiger partial charge >= 0.3 is 0 Å². The van der Waals surface area contributed by atoms with Crippen LogP contribution in [0.3, 0.4) is 0 Å².